The van der Waals surface area contributed by atoms with E-state index in [4.69, 9.17) is 5.11 Å². The molecule has 7 heteroatoms. The number of carbonyl (C=O) groups is 2. The minimum absolute atomic E-state index is 0.0521. The van der Waals surface area contributed by atoms with Gasteiger partial charge in [0.25, 0.3) is 0 Å². The van der Waals surface area contributed by atoms with Gasteiger partial charge in [-0.1, -0.05) is 19.1 Å². The van der Waals surface area contributed by atoms with Crippen molar-refractivity contribution in [2.24, 2.45) is 5.92 Å². The third kappa shape index (κ3) is 5.60. The second-order valence-corrected chi connectivity index (χ2v) is 7.72. The number of hydrogen-bond donors (Lipinski definition) is 3. The molecule has 1 aromatic rings. The van der Waals surface area contributed by atoms with Crippen molar-refractivity contribution in [3.05, 3.63) is 29.8 Å². The summed E-state index contributed by atoms with van der Waals surface area (Å²) in [6.07, 6.45) is 3.93. The number of aliphatic carboxylic acids is 1. The van der Waals surface area contributed by atoms with Crippen LogP contribution in [0, 0.1) is 5.92 Å². The van der Waals surface area contributed by atoms with Crippen LogP contribution in [0.3, 0.4) is 0 Å². The van der Waals surface area contributed by atoms with Crippen LogP contribution in [0.1, 0.15) is 38.2 Å². The second kappa shape index (κ2) is 8.61. The Morgan fingerprint density at radius 3 is 2.41 bits per heavy atom. The fourth-order valence-corrected chi connectivity index (χ4v) is 3.60. The molecule has 2 saturated carbocycles. The summed E-state index contributed by atoms with van der Waals surface area (Å²) >= 11 is 0. The zero-order chi connectivity index (χ0) is 19.4. The van der Waals surface area contributed by atoms with Gasteiger partial charge in [-0.2, -0.15) is 0 Å². The Labute approximate surface area is 160 Å². The molecule has 2 aliphatic carbocycles. The highest BCUT2D eigenvalue weighted by molar-refractivity contribution is 5.74. The third-order valence-corrected chi connectivity index (χ3v) is 5.47. The SMILES string of the molecule is CCN(CC(=O)O)C1CC(NC(=O)N(Cc2ccc(O)cc2)CC2CC2)C1. The zero-order valence-corrected chi connectivity index (χ0v) is 15.8. The number of amides is 2. The number of phenolic OH excluding ortho intramolecular Hbond substituents is 1. The number of hydrogen-bond acceptors (Lipinski definition) is 4. The van der Waals surface area contributed by atoms with Gasteiger partial charge < -0.3 is 20.4 Å². The lowest BCUT2D eigenvalue weighted by Crippen LogP contribution is -2.56. The molecule has 27 heavy (non-hydrogen) atoms. The summed E-state index contributed by atoms with van der Waals surface area (Å²) in [5, 5.41) is 21.5. The maximum atomic E-state index is 12.8. The van der Waals surface area contributed by atoms with Crippen molar-refractivity contribution < 1.29 is 19.8 Å². The van der Waals surface area contributed by atoms with E-state index >= 15 is 0 Å². The van der Waals surface area contributed by atoms with Gasteiger partial charge in [0.15, 0.2) is 0 Å². The molecule has 0 heterocycles. The normalized spacial score (nSPS) is 21.6. The van der Waals surface area contributed by atoms with E-state index < -0.39 is 5.97 Å². The van der Waals surface area contributed by atoms with E-state index in [0.717, 1.165) is 24.9 Å². The van der Waals surface area contributed by atoms with E-state index in [0.29, 0.717) is 19.0 Å². The Balaban J connectivity index is 1.51. The molecule has 0 radical (unpaired) electrons. The standard InChI is InChI=1S/C20H29N3O4/c1-2-22(13-19(25)26)17-9-16(10-17)21-20(27)23(11-14-3-4-14)12-15-5-7-18(24)8-6-15/h5-8,14,16-17,24H,2-4,9-13H2,1H3,(H,21,27)(H,25,26). The lowest BCUT2D eigenvalue weighted by molar-refractivity contribution is -0.139. The van der Waals surface area contributed by atoms with Crippen molar-refractivity contribution in [1.29, 1.82) is 0 Å². The van der Waals surface area contributed by atoms with Crippen LogP contribution in [0.4, 0.5) is 4.79 Å². The molecule has 0 bridgehead atoms. The Kier molecular flexibility index (Phi) is 6.21. The van der Waals surface area contributed by atoms with Gasteiger partial charge in [-0.05, 0) is 55.8 Å². The Bertz CT molecular complexity index is 654. The number of carboxylic acids is 1. The van der Waals surface area contributed by atoms with Crippen molar-refractivity contribution >= 4 is 12.0 Å². The maximum absolute atomic E-state index is 12.8. The average Bonchev–Trinajstić information content (AvgIpc) is 3.41. The Hall–Kier alpha value is -2.28. The van der Waals surface area contributed by atoms with Crippen molar-refractivity contribution in [1.82, 2.24) is 15.1 Å². The highest BCUT2D eigenvalue weighted by Crippen LogP contribution is 2.31. The Morgan fingerprint density at radius 1 is 1.19 bits per heavy atom. The third-order valence-electron chi connectivity index (χ3n) is 5.47. The number of nitrogens with one attached hydrogen (secondary N) is 1. The average molecular weight is 375 g/mol. The molecule has 0 unspecified atom stereocenters. The number of phenols is 1. The molecule has 3 rings (SSSR count). The van der Waals surface area contributed by atoms with Gasteiger partial charge >= 0.3 is 12.0 Å². The number of carboxylic acid groups (broad SMARTS) is 1. The molecular formula is C20H29N3O4. The van der Waals surface area contributed by atoms with Gasteiger partial charge in [0.1, 0.15) is 5.75 Å². The number of likely N-dealkylation sites (N-methyl/N-ethyl adjacent to an activating group) is 1. The number of rotatable bonds is 9. The van der Waals surface area contributed by atoms with Crippen LogP contribution in [-0.2, 0) is 11.3 Å². The van der Waals surface area contributed by atoms with E-state index in [-0.39, 0.29) is 30.4 Å². The predicted molar refractivity (Wildman–Crippen MR) is 101 cm³/mol. The molecule has 2 aliphatic rings. The second-order valence-electron chi connectivity index (χ2n) is 7.72. The molecule has 0 atom stereocenters. The quantitative estimate of drug-likeness (QED) is 0.616. The smallest absolute Gasteiger partial charge is 0.317 e. The fourth-order valence-electron chi connectivity index (χ4n) is 3.60. The van der Waals surface area contributed by atoms with Gasteiger partial charge in [0.05, 0.1) is 6.54 Å². The first kappa shape index (κ1) is 19.5. The van der Waals surface area contributed by atoms with Crippen molar-refractivity contribution in [3.8, 4) is 5.75 Å². The van der Waals surface area contributed by atoms with E-state index in [1.807, 2.05) is 28.9 Å². The number of carbonyl (C=O) groups excluding carboxylic acids is 1. The molecular weight excluding hydrogens is 346 g/mol. The fraction of sp³-hybridized carbons (Fsp3) is 0.600. The lowest BCUT2D eigenvalue weighted by Gasteiger charge is -2.42. The molecule has 0 aliphatic heterocycles. The highest BCUT2D eigenvalue weighted by Gasteiger charge is 2.36. The molecule has 0 aromatic heterocycles. The van der Waals surface area contributed by atoms with Crippen LogP contribution in [0.25, 0.3) is 0 Å². The van der Waals surface area contributed by atoms with Crippen LogP contribution in [-0.4, -0.2) is 63.7 Å². The highest BCUT2D eigenvalue weighted by atomic mass is 16.4. The summed E-state index contributed by atoms with van der Waals surface area (Å²) in [5.74, 6) is 0.00119. The molecule has 0 spiro atoms. The zero-order valence-electron chi connectivity index (χ0n) is 15.8. The van der Waals surface area contributed by atoms with Gasteiger partial charge in [-0.15, -0.1) is 0 Å². The molecule has 2 amide bonds. The van der Waals surface area contributed by atoms with Crippen LogP contribution < -0.4 is 5.32 Å². The molecule has 7 nitrogen and oxygen atoms in total. The summed E-state index contributed by atoms with van der Waals surface area (Å²) in [7, 11) is 0. The monoisotopic (exact) mass is 375 g/mol. The van der Waals surface area contributed by atoms with Gasteiger partial charge in [-0.25, -0.2) is 4.79 Å². The first-order chi connectivity index (χ1) is 12.9. The topological polar surface area (TPSA) is 93.1 Å². The van der Waals surface area contributed by atoms with Gasteiger partial charge in [0, 0.05) is 25.2 Å². The number of urea groups is 1. The summed E-state index contributed by atoms with van der Waals surface area (Å²) in [6, 6.07) is 7.23. The summed E-state index contributed by atoms with van der Waals surface area (Å²) in [4.78, 5) is 27.5. The molecule has 0 saturated heterocycles. The van der Waals surface area contributed by atoms with Crippen LogP contribution in [0.5, 0.6) is 5.75 Å². The van der Waals surface area contributed by atoms with Crippen molar-refractivity contribution in [2.75, 3.05) is 19.6 Å². The minimum atomic E-state index is -0.811. The predicted octanol–water partition coefficient (Wildman–Crippen LogP) is 2.25. The van der Waals surface area contributed by atoms with Crippen molar-refractivity contribution in [3.63, 3.8) is 0 Å². The molecule has 1 aromatic carbocycles. The lowest BCUT2D eigenvalue weighted by atomic mass is 9.85. The van der Waals surface area contributed by atoms with E-state index in [1.54, 1.807) is 12.1 Å². The summed E-state index contributed by atoms with van der Waals surface area (Å²) in [5.41, 5.74) is 0.994. The maximum Gasteiger partial charge on any atom is 0.317 e. The van der Waals surface area contributed by atoms with Crippen molar-refractivity contribution in [2.45, 2.75) is 51.2 Å². The number of benzene rings is 1. The van der Waals surface area contributed by atoms with Crippen LogP contribution in [0.2, 0.25) is 0 Å². The van der Waals surface area contributed by atoms with E-state index in [1.165, 1.54) is 12.8 Å². The Morgan fingerprint density at radius 2 is 1.85 bits per heavy atom. The van der Waals surface area contributed by atoms with Crippen LogP contribution >= 0.6 is 0 Å². The molecule has 3 N–H and O–H groups in total. The number of nitrogens with zero attached hydrogens (tertiary/aromatic N) is 2. The van der Waals surface area contributed by atoms with Gasteiger partial charge in [0.2, 0.25) is 0 Å². The van der Waals surface area contributed by atoms with Crippen LogP contribution in [0.15, 0.2) is 24.3 Å². The largest absolute Gasteiger partial charge is 0.508 e. The summed E-state index contributed by atoms with van der Waals surface area (Å²) < 4.78 is 0. The molecule has 148 valence electrons. The first-order valence-electron chi connectivity index (χ1n) is 9.73. The number of aromatic hydroxyl groups is 1. The first-order valence-corrected chi connectivity index (χ1v) is 9.73. The molecule has 2 fully saturated rings. The van der Waals surface area contributed by atoms with Gasteiger partial charge in [-0.3, -0.25) is 9.69 Å². The van der Waals surface area contributed by atoms with E-state index in [2.05, 4.69) is 5.32 Å². The van der Waals surface area contributed by atoms with E-state index in [9.17, 15) is 14.7 Å². The minimum Gasteiger partial charge on any atom is -0.508 e. The summed E-state index contributed by atoms with van der Waals surface area (Å²) in [6.45, 7) is 3.99.